The fourth-order valence-corrected chi connectivity index (χ4v) is 2.42. The first-order valence-electron chi connectivity index (χ1n) is 6.95. The maximum atomic E-state index is 9.25. The van der Waals surface area contributed by atoms with Crippen LogP contribution in [0.15, 0.2) is 0 Å². The van der Waals surface area contributed by atoms with E-state index in [0.29, 0.717) is 6.04 Å². The molecule has 0 saturated carbocycles. The third-order valence-electron chi connectivity index (χ3n) is 4.08. The molecule has 3 nitrogen and oxygen atoms in total. The van der Waals surface area contributed by atoms with Crippen LogP contribution in [0.25, 0.3) is 0 Å². The lowest BCUT2D eigenvalue weighted by Gasteiger charge is -2.41. The third kappa shape index (κ3) is 4.23. The third-order valence-corrected chi connectivity index (χ3v) is 4.08. The second-order valence-corrected chi connectivity index (χ2v) is 6.13. The van der Waals surface area contributed by atoms with Crippen LogP contribution in [-0.4, -0.2) is 36.5 Å². The molecule has 1 unspecified atom stereocenters. The minimum atomic E-state index is -0.0284. The van der Waals surface area contributed by atoms with Gasteiger partial charge in [-0.05, 0) is 25.7 Å². The number of ether oxygens (including phenoxy) is 1. The Balaban J connectivity index is 2.45. The molecular formula is C14H29NO2. The summed E-state index contributed by atoms with van der Waals surface area (Å²) in [4.78, 5) is 0. The van der Waals surface area contributed by atoms with Crippen LogP contribution in [0.2, 0.25) is 0 Å². The fourth-order valence-electron chi connectivity index (χ4n) is 2.42. The Labute approximate surface area is 106 Å². The summed E-state index contributed by atoms with van der Waals surface area (Å²) in [5.74, 6) is 0. The summed E-state index contributed by atoms with van der Waals surface area (Å²) in [6.45, 7) is 10.6. The highest BCUT2D eigenvalue weighted by molar-refractivity contribution is 4.89. The number of hydrogen-bond donors (Lipinski definition) is 2. The van der Waals surface area contributed by atoms with Crippen molar-refractivity contribution >= 4 is 0 Å². The standard InChI is InChI=1S/C14H29NO2/c1-5-14(6-2)9-12(7-8-17-14)15-10-13(3,4)11-16/h12,15-16H,5-11H2,1-4H3. The summed E-state index contributed by atoms with van der Waals surface area (Å²) >= 11 is 0. The monoisotopic (exact) mass is 243 g/mol. The Morgan fingerprint density at radius 1 is 1.35 bits per heavy atom. The predicted molar refractivity (Wildman–Crippen MR) is 71.2 cm³/mol. The van der Waals surface area contributed by atoms with Gasteiger partial charge in [0, 0.05) is 31.2 Å². The van der Waals surface area contributed by atoms with Gasteiger partial charge in [-0.2, -0.15) is 0 Å². The van der Waals surface area contributed by atoms with Gasteiger partial charge in [-0.1, -0.05) is 27.7 Å². The minimum Gasteiger partial charge on any atom is -0.396 e. The molecule has 3 heteroatoms. The Morgan fingerprint density at radius 3 is 2.53 bits per heavy atom. The average molecular weight is 243 g/mol. The van der Waals surface area contributed by atoms with Gasteiger partial charge in [0.2, 0.25) is 0 Å². The van der Waals surface area contributed by atoms with Gasteiger partial charge in [-0.3, -0.25) is 0 Å². The van der Waals surface area contributed by atoms with Gasteiger partial charge in [0.15, 0.2) is 0 Å². The molecule has 0 aromatic heterocycles. The SMILES string of the molecule is CCC1(CC)CC(NCC(C)(C)CO)CCO1. The minimum absolute atomic E-state index is 0.0284. The first-order valence-corrected chi connectivity index (χ1v) is 6.95. The molecule has 0 aliphatic carbocycles. The maximum Gasteiger partial charge on any atom is 0.0692 e. The lowest BCUT2D eigenvalue weighted by molar-refractivity contribution is -0.0939. The second kappa shape index (κ2) is 6.17. The van der Waals surface area contributed by atoms with E-state index < -0.39 is 0 Å². The van der Waals surface area contributed by atoms with Crippen molar-refractivity contribution in [1.29, 1.82) is 0 Å². The van der Waals surface area contributed by atoms with Crippen LogP contribution in [-0.2, 0) is 4.74 Å². The van der Waals surface area contributed by atoms with Crippen LogP contribution in [0.4, 0.5) is 0 Å². The van der Waals surface area contributed by atoms with E-state index in [1.165, 1.54) is 0 Å². The van der Waals surface area contributed by atoms with E-state index in [4.69, 9.17) is 4.74 Å². The van der Waals surface area contributed by atoms with Crippen molar-refractivity contribution in [3.8, 4) is 0 Å². The second-order valence-electron chi connectivity index (χ2n) is 6.13. The van der Waals surface area contributed by atoms with Gasteiger partial charge in [0.1, 0.15) is 0 Å². The molecule has 1 saturated heterocycles. The van der Waals surface area contributed by atoms with Crippen LogP contribution < -0.4 is 5.32 Å². The molecule has 0 radical (unpaired) electrons. The van der Waals surface area contributed by atoms with Crippen LogP contribution in [0.5, 0.6) is 0 Å². The molecule has 1 heterocycles. The Bertz CT molecular complexity index is 224. The van der Waals surface area contributed by atoms with E-state index >= 15 is 0 Å². The van der Waals surface area contributed by atoms with Gasteiger partial charge >= 0.3 is 0 Å². The molecule has 102 valence electrons. The van der Waals surface area contributed by atoms with Gasteiger partial charge in [0.05, 0.1) is 5.60 Å². The van der Waals surface area contributed by atoms with E-state index in [-0.39, 0.29) is 17.6 Å². The molecule has 0 aromatic rings. The summed E-state index contributed by atoms with van der Waals surface area (Å²) in [6, 6.07) is 0.537. The van der Waals surface area contributed by atoms with Crippen LogP contribution in [0, 0.1) is 5.41 Å². The molecule has 1 atom stereocenters. The number of rotatable bonds is 6. The van der Waals surface area contributed by atoms with Crippen molar-refractivity contribution in [3.63, 3.8) is 0 Å². The molecule has 0 bridgehead atoms. The summed E-state index contributed by atoms with van der Waals surface area (Å²) in [6.07, 6.45) is 4.36. The van der Waals surface area contributed by atoms with E-state index in [1.54, 1.807) is 0 Å². The summed E-state index contributed by atoms with van der Waals surface area (Å²) in [5, 5.41) is 12.9. The largest absolute Gasteiger partial charge is 0.396 e. The van der Waals surface area contributed by atoms with Gasteiger partial charge in [-0.15, -0.1) is 0 Å². The maximum absolute atomic E-state index is 9.25. The van der Waals surface area contributed by atoms with Crippen LogP contribution >= 0.6 is 0 Å². The topological polar surface area (TPSA) is 41.5 Å². The quantitative estimate of drug-likeness (QED) is 0.752. The molecule has 0 spiro atoms. The average Bonchev–Trinajstić information content (AvgIpc) is 2.37. The van der Waals surface area contributed by atoms with Crippen LogP contribution in [0.1, 0.15) is 53.4 Å². The van der Waals surface area contributed by atoms with E-state index in [0.717, 1.165) is 38.8 Å². The molecule has 2 N–H and O–H groups in total. The molecule has 1 fully saturated rings. The highest BCUT2D eigenvalue weighted by Gasteiger charge is 2.34. The number of nitrogens with one attached hydrogen (secondary N) is 1. The summed E-state index contributed by atoms with van der Waals surface area (Å²) < 4.78 is 5.96. The van der Waals surface area contributed by atoms with Gasteiger partial charge < -0.3 is 15.2 Å². The first kappa shape index (κ1) is 14.9. The molecule has 17 heavy (non-hydrogen) atoms. The Kier molecular flexibility index (Phi) is 5.42. The first-order chi connectivity index (χ1) is 7.97. The molecule has 1 aliphatic rings. The van der Waals surface area contributed by atoms with Gasteiger partial charge in [-0.25, -0.2) is 0 Å². The van der Waals surface area contributed by atoms with Crippen molar-refractivity contribution in [1.82, 2.24) is 5.32 Å². The molecule has 1 aliphatic heterocycles. The van der Waals surface area contributed by atoms with Crippen molar-refractivity contribution in [2.24, 2.45) is 5.41 Å². The zero-order valence-electron chi connectivity index (χ0n) is 11.9. The fraction of sp³-hybridized carbons (Fsp3) is 1.00. The molecular weight excluding hydrogens is 214 g/mol. The number of hydrogen-bond acceptors (Lipinski definition) is 3. The highest BCUT2D eigenvalue weighted by Crippen LogP contribution is 2.31. The van der Waals surface area contributed by atoms with Crippen LogP contribution in [0.3, 0.4) is 0 Å². The lowest BCUT2D eigenvalue weighted by Crippen LogP contribution is -2.48. The molecule has 1 rings (SSSR count). The summed E-state index contributed by atoms with van der Waals surface area (Å²) in [5.41, 5.74) is 0.0542. The smallest absolute Gasteiger partial charge is 0.0692 e. The van der Waals surface area contributed by atoms with E-state index in [9.17, 15) is 5.11 Å². The number of aliphatic hydroxyl groups is 1. The van der Waals surface area contributed by atoms with Crippen molar-refractivity contribution < 1.29 is 9.84 Å². The zero-order valence-corrected chi connectivity index (χ0v) is 11.9. The zero-order chi connectivity index (χ0) is 12.9. The van der Waals surface area contributed by atoms with Crippen molar-refractivity contribution in [3.05, 3.63) is 0 Å². The van der Waals surface area contributed by atoms with Crippen molar-refractivity contribution in [2.75, 3.05) is 19.8 Å². The lowest BCUT2D eigenvalue weighted by atomic mass is 9.85. The Morgan fingerprint density at radius 2 is 2.00 bits per heavy atom. The Hall–Kier alpha value is -0.120. The summed E-state index contributed by atoms with van der Waals surface area (Å²) in [7, 11) is 0. The molecule has 0 aromatic carbocycles. The van der Waals surface area contributed by atoms with Crippen molar-refractivity contribution in [2.45, 2.75) is 65.0 Å². The highest BCUT2D eigenvalue weighted by atomic mass is 16.5. The number of aliphatic hydroxyl groups excluding tert-OH is 1. The normalized spacial score (nSPS) is 24.9. The van der Waals surface area contributed by atoms with E-state index in [2.05, 4.69) is 33.0 Å². The molecule has 0 amide bonds. The van der Waals surface area contributed by atoms with Gasteiger partial charge in [0.25, 0.3) is 0 Å². The van der Waals surface area contributed by atoms with E-state index in [1.807, 2.05) is 0 Å². The predicted octanol–water partition coefficient (Wildman–Crippen LogP) is 2.33.